The third kappa shape index (κ3) is 5.86. The van der Waals surface area contributed by atoms with Crippen LogP contribution >= 0.6 is 0 Å². The van der Waals surface area contributed by atoms with Crippen molar-refractivity contribution in [2.45, 2.75) is 26.1 Å². The number of hydrogen-bond acceptors (Lipinski definition) is 3. The van der Waals surface area contributed by atoms with Crippen molar-refractivity contribution >= 4 is 21.5 Å². The van der Waals surface area contributed by atoms with Crippen molar-refractivity contribution in [3.05, 3.63) is 64.5 Å². The minimum atomic E-state index is -3.23. The number of nitrogens with two attached hydrogens (primary N) is 1. The van der Waals surface area contributed by atoms with E-state index in [-0.39, 0.29) is 18.3 Å². The summed E-state index contributed by atoms with van der Waals surface area (Å²) in [6, 6.07) is 9.81. The maximum Gasteiger partial charge on any atom is 0.193 e. The Kier molecular flexibility index (Phi) is 5.79. The number of benzene rings is 2. The van der Waals surface area contributed by atoms with E-state index in [2.05, 4.69) is 10.3 Å². The molecule has 2 aromatic rings. The Hall–Kier alpha value is -2.41. The summed E-state index contributed by atoms with van der Waals surface area (Å²) in [5.74, 6) is -0.427. The molecule has 0 unspecified atom stereocenters. The number of nitrogens with zero attached hydrogens (tertiary/aromatic N) is 1. The first-order valence-corrected chi connectivity index (χ1v) is 9.79. The number of aryl methyl sites for hydroxylation is 2. The van der Waals surface area contributed by atoms with E-state index in [1.54, 1.807) is 0 Å². The number of nitrogens with one attached hydrogen (secondary N) is 1. The van der Waals surface area contributed by atoms with Gasteiger partial charge < -0.3 is 11.1 Å². The van der Waals surface area contributed by atoms with Crippen molar-refractivity contribution < 1.29 is 12.8 Å². The molecule has 0 heterocycles. The maximum absolute atomic E-state index is 13.5. The van der Waals surface area contributed by atoms with Crippen LogP contribution in [0.3, 0.4) is 0 Å². The van der Waals surface area contributed by atoms with Crippen molar-refractivity contribution in [2.75, 3.05) is 11.6 Å². The summed E-state index contributed by atoms with van der Waals surface area (Å²) < 4.78 is 36.5. The van der Waals surface area contributed by atoms with Crippen LogP contribution in [0, 0.1) is 19.7 Å². The lowest BCUT2D eigenvalue weighted by Crippen LogP contribution is -2.22. The van der Waals surface area contributed by atoms with E-state index in [1.807, 2.05) is 32.0 Å². The van der Waals surface area contributed by atoms with Crippen molar-refractivity contribution in [3.8, 4) is 0 Å². The minimum absolute atomic E-state index is 0.0896. The number of aliphatic imine (C=N–C) groups is 1. The monoisotopic (exact) mass is 363 g/mol. The molecule has 0 bridgehead atoms. The van der Waals surface area contributed by atoms with Crippen LogP contribution in [0.4, 0.5) is 10.1 Å². The Morgan fingerprint density at radius 1 is 1.12 bits per heavy atom. The van der Waals surface area contributed by atoms with E-state index in [4.69, 9.17) is 5.73 Å². The van der Waals surface area contributed by atoms with Crippen LogP contribution in [-0.4, -0.2) is 20.6 Å². The molecule has 25 heavy (non-hydrogen) atoms. The molecule has 0 saturated carbocycles. The van der Waals surface area contributed by atoms with E-state index in [0.29, 0.717) is 11.1 Å². The predicted molar refractivity (Wildman–Crippen MR) is 99.8 cm³/mol. The van der Waals surface area contributed by atoms with Crippen molar-refractivity contribution in [1.29, 1.82) is 0 Å². The smallest absolute Gasteiger partial charge is 0.193 e. The fourth-order valence-corrected chi connectivity index (χ4v) is 3.19. The first kappa shape index (κ1) is 18.9. The van der Waals surface area contributed by atoms with Crippen molar-refractivity contribution in [3.63, 3.8) is 0 Å². The van der Waals surface area contributed by atoms with Gasteiger partial charge in [0.05, 0.1) is 12.3 Å². The average molecular weight is 363 g/mol. The number of guanidine groups is 1. The summed E-state index contributed by atoms with van der Waals surface area (Å²) in [5.41, 5.74) is 10.0. The highest BCUT2D eigenvalue weighted by Crippen LogP contribution is 2.16. The zero-order valence-electron chi connectivity index (χ0n) is 14.5. The molecule has 2 aromatic carbocycles. The van der Waals surface area contributed by atoms with E-state index in [1.165, 1.54) is 23.8 Å². The van der Waals surface area contributed by atoms with Gasteiger partial charge in [0.2, 0.25) is 0 Å². The first-order chi connectivity index (χ1) is 11.6. The lowest BCUT2D eigenvalue weighted by Gasteiger charge is -2.10. The zero-order chi connectivity index (χ0) is 18.6. The topological polar surface area (TPSA) is 84.5 Å². The Morgan fingerprint density at radius 2 is 1.84 bits per heavy atom. The second-order valence-electron chi connectivity index (χ2n) is 6.11. The van der Waals surface area contributed by atoms with Gasteiger partial charge in [-0.15, -0.1) is 0 Å². The van der Waals surface area contributed by atoms with Crippen molar-refractivity contribution in [1.82, 2.24) is 0 Å². The van der Waals surface area contributed by atoms with Crippen LogP contribution in [0.15, 0.2) is 41.4 Å². The average Bonchev–Trinajstić information content (AvgIpc) is 2.50. The van der Waals surface area contributed by atoms with Crippen molar-refractivity contribution in [2.24, 2.45) is 10.7 Å². The van der Waals surface area contributed by atoms with Crippen LogP contribution < -0.4 is 11.1 Å². The Morgan fingerprint density at radius 3 is 2.48 bits per heavy atom. The molecule has 0 saturated heterocycles. The highest BCUT2D eigenvalue weighted by Gasteiger charge is 2.10. The summed E-state index contributed by atoms with van der Waals surface area (Å²) in [6.07, 6.45) is 1.14. The lowest BCUT2D eigenvalue weighted by molar-refractivity contribution is 0.600. The summed E-state index contributed by atoms with van der Waals surface area (Å²) in [4.78, 5) is 4.20. The number of hydrogen-bond donors (Lipinski definition) is 2. The van der Waals surface area contributed by atoms with Crippen LogP contribution in [-0.2, 0) is 22.1 Å². The number of rotatable bonds is 5. The SMILES string of the molecule is Cc1ccc(NC(N)=NCc2cc(F)ccc2CS(C)(=O)=O)cc1C. The van der Waals surface area contributed by atoms with E-state index in [9.17, 15) is 12.8 Å². The van der Waals surface area contributed by atoms with E-state index < -0.39 is 15.7 Å². The first-order valence-electron chi connectivity index (χ1n) is 7.73. The van der Waals surface area contributed by atoms with Gasteiger partial charge in [-0.05, 0) is 60.4 Å². The molecule has 0 aliphatic heterocycles. The van der Waals surface area contributed by atoms with Gasteiger partial charge in [0.1, 0.15) is 5.82 Å². The molecular weight excluding hydrogens is 341 g/mol. The maximum atomic E-state index is 13.5. The van der Waals surface area contributed by atoms with Gasteiger partial charge in [-0.3, -0.25) is 0 Å². The van der Waals surface area contributed by atoms with Crippen LogP contribution in [0.25, 0.3) is 0 Å². The minimum Gasteiger partial charge on any atom is -0.370 e. The molecule has 134 valence electrons. The lowest BCUT2D eigenvalue weighted by atomic mass is 10.1. The molecule has 0 radical (unpaired) electrons. The number of halogens is 1. The Labute approximate surface area is 147 Å². The molecule has 2 rings (SSSR count). The number of anilines is 1. The Bertz CT molecular complexity index is 909. The predicted octanol–water partition coefficient (Wildman–Crippen LogP) is 2.91. The molecule has 3 N–H and O–H groups in total. The summed E-state index contributed by atoms with van der Waals surface area (Å²) in [6.45, 7) is 4.11. The van der Waals surface area contributed by atoms with Gasteiger partial charge in [0.25, 0.3) is 0 Å². The fraction of sp³-hybridized carbons (Fsp3) is 0.278. The molecule has 0 fully saturated rings. The molecule has 0 aliphatic rings. The van der Waals surface area contributed by atoms with Gasteiger partial charge in [-0.1, -0.05) is 12.1 Å². The summed E-state index contributed by atoms with van der Waals surface area (Å²) in [7, 11) is -3.23. The molecule has 0 aliphatic carbocycles. The van der Waals surface area contributed by atoms with Gasteiger partial charge in [0, 0.05) is 11.9 Å². The molecule has 0 atom stereocenters. The van der Waals surface area contributed by atoms with Gasteiger partial charge in [-0.25, -0.2) is 17.8 Å². The molecule has 0 amide bonds. The second kappa shape index (κ2) is 7.65. The number of sulfone groups is 1. The fourth-order valence-electron chi connectivity index (χ4n) is 2.34. The highest BCUT2D eigenvalue weighted by molar-refractivity contribution is 7.89. The van der Waals surface area contributed by atoms with Gasteiger partial charge >= 0.3 is 0 Å². The van der Waals surface area contributed by atoms with Gasteiger partial charge in [-0.2, -0.15) is 0 Å². The quantitative estimate of drug-likeness (QED) is 0.632. The normalized spacial score (nSPS) is 12.2. The summed E-state index contributed by atoms with van der Waals surface area (Å²) >= 11 is 0. The molecule has 0 spiro atoms. The largest absolute Gasteiger partial charge is 0.370 e. The standard InChI is InChI=1S/C18H22FN3O2S/c1-12-4-7-17(8-13(12)2)22-18(20)21-10-15-9-16(19)6-5-14(15)11-25(3,23)24/h4-9H,10-11H2,1-3H3,(H3,20,21,22). The highest BCUT2D eigenvalue weighted by atomic mass is 32.2. The molecule has 7 heteroatoms. The third-order valence-corrected chi connectivity index (χ3v) is 4.62. The summed E-state index contributed by atoms with van der Waals surface area (Å²) in [5, 5.41) is 2.98. The zero-order valence-corrected chi connectivity index (χ0v) is 15.3. The van der Waals surface area contributed by atoms with E-state index >= 15 is 0 Å². The third-order valence-electron chi connectivity index (χ3n) is 3.79. The molecular formula is C18H22FN3O2S. The molecule has 5 nitrogen and oxygen atoms in total. The molecule has 0 aromatic heterocycles. The second-order valence-corrected chi connectivity index (χ2v) is 8.25. The Balaban J connectivity index is 2.16. The van der Waals surface area contributed by atoms with Crippen LogP contribution in [0.5, 0.6) is 0 Å². The van der Waals surface area contributed by atoms with E-state index in [0.717, 1.165) is 17.5 Å². The van der Waals surface area contributed by atoms with Crippen LogP contribution in [0.1, 0.15) is 22.3 Å². The van der Waals surface area contributed by atoms with Gasteiger partial charge in [0.15, 0.2) is 15.8 Å². The van der Waals surface area contributed by atoms with Crippen LogP contribution in [0.2, 0.25) is 0 Å².